The van der Waals surface area contributed by atoms with Gasteiger partial charge in [-0.25, -0.2) is 4.98 Å². The molecule has 0 aliphatic heterocycles. The summed E-state index contributed by atoms with van der Waals surface area (Å²) in [4.78, 5) is 15.7. The van der Waals surface area contributed by atoms with Crippen molar-refractivity contribution >= 4 is 21.8 Å². The molecule has 0 fully saturated rings. The number of rotatable bonds is 3. The lowest BCUT2D eigenvalue weighted by atomic mass is 10.1. The van der Waals surface area contributed by atoms with Gasteiger partial charge in [-0.2, -0.15) is 0 Å². The van der Waals surface area contributed by atoms with Gasteiger partial charge in [0.05, 0.1) is 11.8 Å². The van der Waals surface area contributed by atoms with Crippen molar-refractivity contribution < 1.29 is 9.21 Å². The predicted octanol–water partition coefficient (Wildman–Crippen LogP) is 3.87. The van der Waals surface area contributed by atoms with Gasteiger partial charge >= 0.3 is 0 Å². The quantitative estimate of drug-likeness (QED) is 0.785. The van der Waals surface area contributed by atoms with E-state index in [0.717, 1.165) is 10.0 Å². The SMILES string of the molecule is NC(=O)c1ccccc1-c1ncc(-c2cccc(Br)c2)o1. The molecule has 21 heavy (non-hydrogen) atoms. The van der Waals surface area contributed by atoms with Crippen LogP contribution in [-0.4, -0.2) is 10.9 Å². The molecule has 0 spiro atoms. The van der Waals surface area contributed by atoms with Crippen LogP contribution in [0.4, 0.5) is 0 Å². The number of benzene rings is 2. The van der Waals surface area contributed by atoms with Crippen molar-refractivity contribution in [3.05, 3.63) is 64.8 Å². The van der Waals surface area contributed by atoms with Crippen LogP contribution in [0, 0.1) is 0 Å². The molecule has 1 aromatic heterocycles. The van der Waals surface area contributed by atoms with Crippen LogP contribution in [0.2, 0.25) is 0 Å². The predicted molar refractivity (Wildman–Crippen MR) is 83.6 cm³/mol. The second-order valence-corrected chi connectivity index (χ2v) is 5.37. The number of hydrogen-bond acceptors (Lipinski definition) is 3. The zero-order valence-electron chi connectivity index (χ0n) is 10.9. The van der Waals surface area contributed by atoms with Crippen LogP contribution in [-0.2, 0) is 0 Å². The van der Waals surface area contributed by atoms with Gasteiger partial charge in [0, 0.05) is 15.6 Å². The van der Waals surface area contributed by atoms with E-state index >= 15 is 0 Å². The van der Waals surface area contributed by atoms with Crippen LogP contribution in [0.3, 0.4) is 0 Å². The van der Waals surface area contributed by atoms with E-state index in [9.17, 15) is 4.79 Å². The Hall–Kier alpha value is -2.40. The van der Waals surface area contributed by atoms with Gasteiger partial charge in [-0.3, -0.25) is 4.79 Å². The molecule has 5 heteroatoms. The number of oxazole rings is 1. The second-order valence-electron chi connectivity index (χ2n) is 4.45. The molecule has 4 nitrogen and oxygen atoms in total. The minimum Gasteiger partial charge on any atom is -0.436 e. The fourth-order valence-electron chi connectivity index (χ4n) is 2.06. The molecule has 0 saturated carbocycles. The lowest BCUT2D eigenvalue weighted by Crippen LogP contribution is -2.12. The van der Waals surface area contributed by atoms with Gasteiger partial charge in [0.15, 0.2) is 5.76 Å². The smallest absolute Gasteiger partial charge is 0.249 e. The molecule has 2 aromatic carbocycles. The average molecular weight is 343 g/mol. The zero-order chi connectivity index (χ0) is 14.8. The zero-order valence-corrected chi connectivity index (χ0v) is 12.5. The molecular formula is C16H11BrN2O2. The third kappa shape index (κ3) is 2.73. The Balaban J connectivity index is 2.05. The molecule has 0 aliphatic rings. The molecule has 0 radical (unpaired) electrons. The Labute approximate surface area is 129 Å². The van der Waals surface area contributed by atoms with Crippen LogP contribution in [0.15, 0.2) is 63.6 Å². The van der Waals surface area contributed by atoms with Crippen LogP contribution in [0.5, 0.6) is 0 Å². The standard InChI is InChI=1S/C16H11BrN2O2/c17-11-5-3-4-10(8-11)14-9-19-16(21-14)13-7-2-1-6-12(13)15(18)20/h1-9H,(H2,18,20). The largest absolute Gasteiger partial charge is 0.436 e. The molecule has 0 bridgehead atoms. The van der Waals surface area contributed by atoms with Crippen molar-refractivity contribution in [2.75, 3.05) is 0 Å². The molecule has 104 valence electrons. The Kier molecular flexibility index (Phi) is 3.58. The van der Waals surface area contributed by atoms with E-state index in [4.69, 9.17) is 10.2 Å². The maximum atomic E-state index is 11.5. The summed E-state index contributed by atoms with van der Waals surface area (Å²) in [6.45, 7) is 0. The topological polar surface area (TPSA) is 69.1 Å². The molecule has 1 amide bonds. The minimum absolute atomic E-state index is 0.374. The highest BCUT2D eigenvalue weighted by molar-refractivity contribution is 9.10. The number of carbonyl (C=O) groups is 1. The summed E-state index contributed by atoms with van der Waals surface area (Å²) in [6.07, 6.45) is 1.63. The molecule has 2 N–H and O–H groups in total. The van der Waals surface area contributed by atoms with Crippen LogP contribution < -0.4 is 5.73 Å². The van der Waals surface area contributed by atoms with Crippen LogP contribution >= 0.6 is 15.9 Å². The molecule has 1 heterocycles. The molecular weight excluding hydrogens is 332 g/mol. The highest BCUT2D eigenvalue weighted by Gasteiger charge is 2.14. The van der Waals surface area contributed by atoms with Gasteiger partial charge < -0.3 is 10.2 Å². The maximum absolute atomic E-state index is 11.5. The molecule has 3 aromatic rings. The summed E-state index contributed by atoms with van der Waals surface area (Å²) in [5.74, 6) is 0.498. The van der Waals surface area contributed by atoms with Crippen molar-refractivity contribution in [3.8, 4) is 22.8 Å². The highest BCUT2D eigenvalue weighted by atomic mass is 79.9. The van der Waals surface area contributed by atoms with Gasteiger partial charge in [-0.15, -0.1) is 0 Å². The third-order valence-electron chi connectivity index (χ3n) is 3.04. The van der Waals surface area contributed by atoms with Gasteiger partial charge in [0.25, 0.3) is 0 Å². The van der Waals surface area contributed by atoms with Crippen molar-refractivity contribution in [3.63, 3.8) is 0 Å². The maximum Gasteiger partial charge on any atom is 0.249 e. The van der Waals surface area contributed by atoms with Crippen molar-refractivity contribution in [1.29, 1.82) is 0 Å². The lowest BCUT2D eigenvalue weighted by molar-refractivity contribution is 0.100. The summed E-state index contributed by atoms with van der Waals surface area (Å²) in [7, 11) is 0. The minimum atomic E-state index is -0.507. The van der Waals surface area contributed by atoms with Gasteiger partial charge in [0.1, 0.15) is 0 Å². The molecule has 0 aliphatic carbocycles. The number of carbonyl (C=O) groups excluding carboxylic acids is 1. The van der Waals surface area contributed by atoms with E-state index in [1.807, 2.05) is 30.3 Å². The van der Waals surface area contributed by atoms with E-state index in [1.165, 1.54) is 0 Å². The summed E-state index contributed by atoms with van der Waals surface area (Å²) >= 11 is 3.42. The monoisotopic (exact) mass is 342 g/mol. The fourth-order valence-corrected chi connectivity index (χ4v) is 2.46. The van der Waals surface area contributed by atoms with Crippen molar-refractivity contribution in [1.82, 2.24) is 4.98 Å². The van der Waals surface area contributed by atoms with Crippen LogP contribution in [0.1, 0.15) is 10.4 Å². The van der Waals surface area contributed by atoms with Crippen molar-refractivity contribution in [2.24, 2.45) is 5.73 Å². The van der Waals surface area contributed by atoms with Gasteiger partial charge in [0.2, 0.25) is 11.8 Å². The molecule has 3 rings (SSSR count). The first kappa shape index (κ1) is 13.6. The number of aromatic nitrogens is 1. The Morgan fingerprint density at radius 3 is 2.71 bits per heavy atom. The Morgan fingerprint density at radius 2 is 1.95 bits per heavy atom. The van der Waals surface area contributed by atoms with E-state index in [1.54, 1.807) is 24.4 Å². The number of nitrogens with two attached hydrogens (primary N) is 1. The first-order valence-corrected chi connectivity index (χ1v) is 7.05. The highest BCUT2D eigenvalue weighted by Crippen LogP contribution is 2.29. The van der Waals surface area contributed by atoms with Crippen LogP contribution in [0.25, 0.3) is 22.8 Å². The normalized spacial score (nSPS) is 10.5. The number of halogens is 1. The summed E-state index contributed by atoms with van der Waals surface area (Å²) in [5, 5.41) is 0. The van der Waals surface area contributed by atoms with Crippen molar-refractivity contribution in [2.45, 2.75) is 0 Å². The fraction of sp³-hybridized carbons (Fsp3) is 0. The summed E-state index contributed by atoms with van der Waals surface area (Å²) in [6, 6.07) is 14.7. The molecule has 0 saturated heterocycles. The summed E-state index contributed by atoms with van der Waals surface area (Å²) < 4.78 is 6.72. The number of amides is 1. The van der Waals surface area contributed by atoms with E-state index in [-0.39, 0.29) is 0 Å². The van der Waals surface area contributed by atoms with Gasteiger partial charge in [-0.05, 0) is 24.3 Å². The second kappa shape index (κ2) is 5.54. The Morgan fingerprint density at radius 1 is 1.14 bits per heavy atom. The number of hydrogen-bond donors (Lipinski definition) is 1. The summed E-state index contributed by atoms with van der Waals surface area (Å²) in [5.41, 5.74) is 7.26. The van der Waals surface area contributed by atoms with E-state index in [2.05, 4.69) is 20.9 Å². The first-order chi connectivity index (χ1) is 10.1. The third-order valence-corrected chi connectivity index (χ3v) is 3.53. The average Bonchev–Trinajstić information content (AvgIpc) is 2.97. The number of primary amides is 1. The molecule has 0 unspecified atom stereocenters. The van der Waals surface area contributed by atoms with E-state index < -0.39 is 5.91 Å². The van der Waals surface area contributed by atoms with Gasteiger partial charge in [-0.1, -0.05) is 40.2 Å². The lowest BCUT2D eigenvalue weighted by Gasteiger charge is -2.02. The molecule has 0 atom stereocenters. The Bertz CT molecular complexity index is 811. The number of nitrogens with zero attached hydrogens (tertiary/aromatic N) is 1. The first-order valence-electron chi connectivity index (χ1n) is 6.26. The van der Waals surface area contributed by atoms with E-state index in [0.29, 0.717) is 22.8 Å².